The number of hydrogen-bond donors (Lipinski definition) is 2. The van der Waals surface area contributed by atoms with Crippen molar-refractivity contribution in [1.82, 2.24) is 20.4 Å². The van der Waals surface area contributed by atoms with Crippen LogP contribution in [0.15, 0.2) is 23.2 Å². The summed E-state index contributed by atoms with van der Waals surface area (Å²) in [5.41, 5.74) is 1.06. The quantitative estimate of drug-likeness (QED) is 0.298. The number of halogens is 1. The van der Waals surface area contributed by atoms with Crippen LogP contribution < -0.4 is 20.1 Å². The molecule has 1 heterocycles. The number of methoxy groups -OCH3 is 1. The number of hydrogen-bond acceptors (Lipinski definition) is 5. The number of para-hydroxylation sites is 1. The van der Waals surface area contributed by atoms with Crippen molar-refractivity contribution in [2.75, 3.05) is 53.9 Å². The Kier molecular flexibility index (Phi) is 11.2. The van der Waals surface area contributed by atoms with Crippen molar-refractivity contribution in [2.24, 2.45) is 4.99 Å². The van der Waals surface area contributed by atoms with Gasteiger partial charge in [0.15, 0.2) is 17.5 Å². The number of likely N-dealkylation sites (N-methyl/N-ethyl adjacent to an activating group) is 2. The molecular formula is C23H40IN5O2. The molecule has 1 aromatic carbocycles. The molecule has 2 N–H and O–H groups in total. The minimum absolute atomic E-state index is 0. The maximum atomic E-state index is 6.35. The molecule has 176 valence electrons. The Balaban J connectivity index is 0.00000341. The van der Waals surface area contributed by atoms with Crippen LogP contribution in [-0.2, 0) is 6.54 Å². The van der Waals surface area contributed by atoms with Crippen molar-refractivity contribution in [1.29, 1.82) is 0 Å². The highest BCUT2D eigenvalue weighted by atomic mass is 127. The van der Waals surface area contributed by atoms with E-state index in [0.717, 1.165) is 68.6 Å². The molecule has 7 nitrogen and oxygen atoms in total. The zero-order chi connectivity index (χ0) is 21.3. The van der Waals surface area contributed by atoms with Gasteiger partial charge in [-0.25, -0.2) is 4.99 Å². The molecule has 0 bridgehead atoms. The highest BCUT2D eigenvalue weighted by molar-refractivity contribution is 14.0. The topological polar surface area (TPSA) is 61.4 Å². The lowest BCUT2D eigenvalue weighted by atomic mass is 10.1. The fourth-order valence-corrected chi connectivity index (χ4v) is 4.20. The molecule has 31 heavy (non-hydrogen) atoms. The molecule has 0 spiro atoms. The number of guanidine groups is 1. The molecular weight excluding hydrogens is 505 g/mol. The Hall–Kier alpha value is -1.26. The van der Waals surface area contributed by atoms with Crippen LogP contribution in [0.2, 0.25) is 0 Å². The summed E-state index contributed by atoms with van der Waals surface area (Å²) in [4.78, 5) is 9.66. The van der Waals surface area contributed by atoms with Crippen LogP contribution in [0.1, 0.15) is 38.2 Å². The second kappa shape index (κ2) is 13.3. The van der Waals surface area contributed by atoms with Crippen LogP contribution in [0.3, 0.4) is 0 Å². The van der Waals surface area contributed by atoms with Gasteiger partial charge in [0.1, 0.15) is 0 Å². The first-order valence-corrected chi connectivity index (χ1v) is 11.3. The molecule has 2 aliphatic rings. The second-order valence-electron chi connectivity index (χ2n) is 8.45. The summed E-state index contributed by atoms with van der Waals surface area (Å²) < 4.78 is 11.9. The molecule has 0 radical (unpaired) electrons. The van der Waals surface area contributed by atoms with Gasteiger partial charge in [0, 0.05) is 44.3 Å². The van der Waals surface area contributed by atoms with Gasteiger partial charge in [-0.1, -0.05) is 12.1 Å². The van der Waals surface area contributed by atoms with Crippen LogP contribution in [0, 0.1) is 0 Å². The fraction of sp³-hybridized carbons (Fsp3) is 0.696. The molecule has 0 amide bonds. The minimum atomic E-state index is 0. The average Bonchev–Trinajstić information content (AvgIpc) is 3.26. The summed E-state index contributed by atoms with van der Waals surface area (Å²) in [6, 6.07) is 6.55. The molecule has 3 rings (SSSR count). The summed E-state index contributed by atoms with van der Waals surface area (Å²) >= 11 is 0. The van der Waals surface area contributed by atoms with Gasteiger partial charge in [0.2, 0.25) is 0 Å². The third-order valence-electron chi connectivity index (χ3n) is 6.10. The standard InChI is InChI=1S/C23H39N5O2.HI/c1-5-24-23(26-16-19-17-27(2)13-14-28(19)3)25-15-18-9-8-12-21(29-4)22(18)30-20-10-6-7-11-20;/h8-9,12,19-20H,5-7,10-11,13-17H2,1-4H3,(H2,24,25,26);1H. The first-order valence-electron chi connectivity index (χ1n) is 11.3. The predicted octanol–water partition coefficient (Wildman–Crippen LogP) is 2.94. The summed E-state index contributed by atoms with van der Waals surface area (Å²) in [6.45, 7) is 7.64. The molecule has 1 saturated carbocycles. The number of nitrogens with one attached hydrogen (secondary N) is 2. The largest absolute Gasteiger partial charge is 0.493 e. The van der Waals surface area contributed by atoms with Crippen LogP contribution in [0.5, 0.6) is 11.5 Å². The lowest BCUT2D eigenvalue weighted by molar-refractivity contribution is 0.116. The van der Waals surface area contributed by atoms with E-state index in [9.17, 15) is 0 Å². The smallest absolute Gasteiger partial charge is 0.191 e. The lowest BCUT2D eigenvalue weighted by Crippen LogP contribution is -2.55. The van der Waals surface area contributed by atoms with Gasteiger partial charge in [0.25, 0.3) is 0 Å². The Morgan fingerprint density at radius 3 is 2.65 bits per heavy atom. The molecule has 1 aromatic rings. The van der Waals surface area contributed by atoms with Gasteiger partial charge in [-0.15, -0.1) is 24.0 Å². The van der Waals surface area contributed by atoms with Gasteiger partial charge in [0.05, 0.1) is 19.8 Å². The van der Waals surface area contributed by atoms with Gasteiger partial charge in [-0.05, 0) is 52.8 Å². The van der Waals surface area contributed by atoms with E-state index >= 15 is 0 Å². The number of benzene rings is 1. The third-order valence-corrected chi connectivity index (χ3v) is 6.10. The minimum Gasteiger partial charge on any atom is -0.493 e. The van der Waals surface area contributed by atoms with Gasteiger partial charge in [-0.3, -0.25) is 4.90 Å². The Bertz CT molecular complexity index is 697. The monoisotopic (exact) mass is 545 g/mol. The normalized spacial score (nSPS) is 20.9. The molecule has 1 unspecified atom stereocenters. The number of ether oxygens (including phenoxy) is 2. The molecule has 1 atom stereocenters. The summed E-state index contributed by atoms with van der Waals surface area (Å²) in [7, 11) is 6.09. The van der Waals surface area contributed by atoms with Gasteiger partial charge in [-0.2, -0.15) is 0 Å². The van der Waals surface area contributed by atoms with Crippen LogP contribution in [0.4, 0.5) is 0 Å². The molecule has 8 heteroatoms. The maximum absolute atomic E-state index is 6.35. The van der Waals surface area contributed by atoms with E-state index in [4.69, 9.17) is 14.5 Å². The molecule has 1 aliphatic heterocycles. The van der Waals surface area contributed by atoms with E-state index in [1.807, 2.05) is 12.1 Å². The fourth-order valence-electron chi connectivity index (χ4n) is 4.20. The highest BCUT2D eigenvalue weighted by Crippen LogP contribution is 2.35. The zero-order valence-electron chi connectivity index (χ0n) is 19.5. The van der Waals surface area contributed by atoms with E-state index in [2.05, 4.69) is 47.5 Å². The molecule has 0 aromatic heterocycles. The van der Waals surface area contributed by atoms with Crippen LogP contribution in [0.25, 0.3) is 0 Å². The Morgan fingerprint density at radius 2 is 1.94 bits per heavy atom. The van der Waals surface area contributed by atoms with Crippen molar-refractivity contribution in [3.63, 3.8) is 0 Å². The number of piperazine rings is 1. The van der Waals surface area contributed by atoms with Crippen molar-refractivity contribution in [3.05, 3.63) is 23.8 Å². The SMILES string of the molecule is CCNC(=NCc1cccc(OC)c1OC1CCCC1)NCC1CN(C)CCN1C.I. The van der Waals surface area contributed by atoms with Gasteiger partial charge < -0.3 is 25.0 Å². The van der Waals surface area contributed by atoms with E-state index in [1.54, 1.807) is 7.11 Å². The predicted molar refractivity (Wildman–Crippen MR) is 138 cm³/mol. The van der Waals surface area contributed by atoms with Crippen LogP contribution in [-0.4, -0.2) is 81.8 Å². The number of rotatable bonds is 8. The van der Waals surface area contributed by atoms with E-state index in [-0.39, 0.29) is 30.1 Å². The van der Waals surface area contributed by atoms with E-state index < -0.39 is 0 Å². The first-order chi connectivity index (χ1) is 14.6. The van der Waals surface area contributed by atoms with Crippen molar-refractivity contribution >= 4 is 29.9 Å². The Morgan fingerprint density at radius 1 is 1.16 bits per heavy atom. The van der Waals surface area contributed by atoms with E-state index in [1.165, 1.54) is 12.8 Å². The second-order valence-corrected chi connectivity index (χ2v) is 8.45. The summed E-state index contributed by atoms with van der Waals surface area (Å²) in [6.07, 6.45) is 5.01. The summed E-state index contributed by atoms with van der Waals surface area (Å²) in [5, 5.41) is 6.91. The molecule has 1 aliphatic carbocycles. The first kappa shape index (κ1) is 26.0. The van der Waals surface area contributed by atoms with Crippen molar-refractivity contribution < 1.29 is 9.47 Å². The number of aliphatic imine (C=N–C) groups is 1. The van der Waals surface area contributed by atoms with Crippen molar-refractivity contribution in [3.8, 4) is 11.5 Å². The van der Waals surface area contributed by atoms with Crippen LogP contribution >= 0.6 is 24.0 Å². The zero-order valence-corrected chi connectivity index (χ0v) is 21.9. The maximum Gasteiger partial charge on any atom is 0.191 e. The Labute approximate surface area is 205 Å². The average molecular weight is 546 g/mol. The summed E-state index contributed by atoms with van der Waals surface area (Å²) in [5.74, 6) is 2.48. The molecule has 1 saturated heterocycles. The highest BCUT2D eigenvalue weighted by Gasteiger charge is 2.23. The van der Waals surface area contributed by atoms with E-state index in [0.29, 0.717) is 12.6 Å². The third kappa shape index (κ3) is 7.68. The molecule has 2 fully saturated rings. The van der Waals surface area contributed by atoms with Gasteiger partial charge >= 0.3 is 0 Å². The van der Waals surface area contributed by atoms with Crippen molar-refractivity contribution in [2.45, 2.75) is 51.3 Å². The number of nitrogens with zero attached hydrogens (tertiary/aromatic N) is 3. The lowest BCUT2D eigenvalue weighted by Gasteiger charge is -2.37.